The largest absolute Gasteiger partial charge is 0.324 e. The zero-order valence-electron chi connectivity index (χ0n) is 6.55. The third-order valence-corrected chi connectivity index (χ3v) is 1.85. The van der Waals surface area contributed by atoms with Gasteiger partial charge in [0.05, 0.1) is 0 Å². The molecule has 0 radical (unpaired) electrons. The van der Waals surface area contributed by atoms with Crippen LogP contribution < -0.4 is 5.73 Å². The van der Waals surface area contributed by atoms with Crippen LogP contribution in [0, 0.1) is 0 Å². The molecule has 0 unspecified atom stereocenters. The highest BCUT2D eigenvalue weighted by molar-refractivity contribution is 6.34. The second-order valence-electron chi connectivity index (χ2n) is 2.49. The lowest BCUT2D eigenvalue weighted by Crippen LogP contribution is -2.04. The highest BCUT2D eigenvalue weighted by atomic mass is 35.5. The summed E-state index contributed by atoms with van der Waals surface area (Å²) in [5.41, 5.74) is 6.59. The first-order valence-electron chi connectivity index (χ1n) is 3.31. The Hall–Kier alpha value is 0.0500. The van der Waals surface area contributed by atoms with Gasteiger partial charge in [-0.2, -0.15) is 0 Å². The van der Waals surface area contributed by atoms with Crippen molar-refractivity contribution < 1.29 is 0 Å². The Kier molecular flexibility index (Phi) is 4.95. The molecule has 0 fully saturated rings. The van der Waals surface area contributed by atoms with Gasteiger partial charge in [-0.25, -0.2) is 0 Å². The fourth-order valence-electron chi connectivity index (χ4n) is 0.838. The van der Waals surface area contributed by atoms with E-state index in [-0.39, 0.29) is 18.4 Å². The second kappa shape index (κ2) is 4.93. The maximum Gasteiger partial charge on any atom is 0.0424 e. The van der Waals surface area contributed by atoms with Crippen LogP contribution in [0.15, 0.2) is 18.2 Å². The quantitative estimate of drug-likeness (QED) is 0.780. The molecule has 0 spiro atoms. The molecule has 0 saturated heterocycles. The van der Waals surface area contributed by atoms with E-state index in [9.17, 15) is 0 Å². The van der Waals surface area contributed by atoms with Crippen molar-refractivity contribution in [2.45, 2.75) is 13.0 Å². The molecule has 0 heterocycles. The minimum atomic E-state index is -0.0220. The molecule has 0 aromatic heterocycles. The first-order chi connectivity index (χ1) is 5.09. The molecule has 2 N–H and O–H groups in total. The number of nitrogens with two attached hydrogens (primary N) is 1. The molecule has 1 nitrogen and oxygen atoms in total. The summed E-state index contributed by atoms with van der Waals surface area (Å²) in [4.78, 5) is 0. The smallest absolute Gasteiger partial charge is 0.0424 e. The number of benzene rings is 1. The Morgan fingerprint density at radius 2 is 1.58 bits per heavy atom. The fraction of sp³-hybridized carbons (Fsp3) is 0.250. The van der Waals surface area contributed by atoms with Gasteiger partial charge in [-0.15, -0.1) is 12.4 Å². The average Bonchev–Trinajstić information content (AvgIpc) is 1.85. The number of hydrogen-bond acceptors (Lipinski definition) is 1. The molecular weight excluding hydrogens is 216 g/mol. The fourth-order valence-corrected chi connectivity index (χ4v) is 1.38. The summed E-state index contributed by atoms with van der Waals surface area (Å²) in [5, 5.41) is 1.26. The molecule has 4 heteroatoms. The highest BCUT2D eigenvalue weighted by Gasteiger charge is 2.01. The Labute approximate surface area is 88.3 Å². The topological polar surface area (TPSA) is 26.0 Å². The van der Waals surface area contributed by atoms with E-state index >= 15 is 0 Å². The molecule has 1 aromatic carbocycles. The summed E-state index contributed by atoms with van der Waals surface area (Å²) in [6.45, 7) is 1.89. The van der Waals surface area contributed by atoms with Gasteiger partial charge >= 0.3 is 0 Å². The predicted octanol–water partition coefficient (Wildman–Crippen LogP) is 3.43. The minimum absolute atomic E-state index is 0. The van der Waals surface area contributed by atoms with E-state index in [4.69, 9.17) is 28.9 Å². The standard InChI is InChI=1S/C8H9Cl2N.ClH/c1-5(11)6-2-7(9)4-8(10)3-6;/h2-5H,11H2,1H3;1H/t5-;/m0./s1. The maximum atomic E-state index is 5.75. The second-order valence-corrected chi connectivity index (χ2v) is 3.36. The van der Waals surface area contributed by atoms with Gasteiger partial charge in [0, 0.05) is 16.1 Å². The van der Waals surface area contributed by atoms with Gasteiger partial charge < -0.3 is 5.73 Å². The summed E-state index contributed by atoms with van der Waals surface area (Å²) >= 11 is 11.5. The molecule has 0 saturated carbocycles. The van der Waals surface area contributed by atoms with E-state index in [2.05, 4.69) is 0 Å². The number of hydrogen-bond donors (Lipinski definition) is 1. The molecule has 1 aromatic rings. The molecule has 0 bridgehead atoms. The lowest BCUT2D eigenvalue weighted by atomic mass is 10.1. The van der Waals surface area contributed by atoms with Crippen LogP contribution in [0.2, 0.25) is 10.0 Å². The predicted molar refractivity (Wildman–Crippen MR) is 56.3 cm³/mol. The molecule has 1 rings (SSSR count). The van der Waals surface area contributed by atoms with Gasteiger partial charge in [-0.05, 0) is 30.7 Å². The molecule has 0 aliphatic rings. The number of rotatable bonds is 1. The van der Waals surface area contributed by atoms with Crippen LogP contribution in [-0.2, 0) is 0 Å². The Bertz CT molecular complexity index is 240. The van der Waals surface area contributed by atoms with Crippen LogP contribution in [0.4, 0.5) is 0 Å². The lowest BCUT2D eigenvalue weighted by Gasteiger charge is -2.05. The van der Waals surface area contributed by atoms with Crippen molar-refractivity contribution >= 4 is 35.6 Å². The SMILES string of the molecule is C[C@H](N)c1cc(Cl)cc(Cl)c1.Cl. The average molecular weight is 227 g/mol. The van der Waals surface area contributed by atoms with Crippen LogP contribution >= 0.6 is 35.6 Å². The van der Waals surface area contributed by atoms with Crippen molar-refractivity contribution in [1.29, 1.82) is 0 Å². The molecular formula is C8H10Cl3N. The van der Waals surface area contributed by atoms with Crippen molar-refractivity contribution in [2.75, 3.05) is 0 Å². The summed E-state index contributed by atoms with van der Waals surface area (Å²) in [7, 11) is 0. The van der Waals surface area contributed by atoms with Gasteiger partial charge in [0.15, 0.2) is 0 Å². The van der Waals surface area contributed by atoms with Gasteiger partial charge in [0.1, 0.15) is 0 Å². The van der Waals surface area contributed by atoms with E-state index in [1.165, 1.54) is 0 Å². The van der Waals surface area contributed by atoms with Crippen molar-refractivity contribution in [1.82, 2.24) is 0 Å². The van der Waals surface area contributed by atoms with E-state index in [0.717, 1.165) is 5.56 Å². The molecule has 68 valence electrons. The zero-order valence-corrected chi connectivity index (χ0v) is 8.88. The first kappa shape index (κ1) is 12.0. The van der Waals surface area contributed by atoms with E-state index in [0.29, 0.717) is 10.0 Å². The summed E-state index contributed by atoms with van der Waals surface area (Å²) in [5.74, 6) is 0. The molecule has 0 aliphatic heterocycles. The highest BCUT2D eigenvalue weighted by Crippen LogP contribution is 2.21. The van der Waals surface area contributed by atoms with Gasteiger partial charge in [-0.1, -0.05) is 23.2 Å². The van der Waals surface area contributed by atoms with Crippen molar-refractivity contribution in [2.24, 2.45) is 5.73 Å². The summed E-state index contributed by atoms with van der Waals surface area (Å²) in [6.07, 6.45) is 0. The van der Waals surface area contributed by atoms with Crippen molar-refractivity contribution in [3.05, 3.63) is 33.8 Å². The normalized spacial score (nSPS) is 12.0. The van der Waals surface area contributed by atoms with Crippen LogP contribution in [-0.4, -0.2) is 0 Å². The zero-order chi connectivity index (χ0) is 8.43. The third-order valence-electron chi connectivity index (χ3n) is 1.41. The Morgan fingerprint density at radius 1 is 1.17 bits per heavy atom. The summed E-state index contributed by atoms with van der Waals surface area (Å²) < 4.78 is 0. The van der Waals surface area contributed by atoms with E-state index in [1.807, 2.05) is 19.1 Å². The van der Waals surface area contributed by atoms with Crippen molar-refractivity contribution in [3.63, 3.8) is 0 Å². The van der Waals surface area contributed by atoms with Crippen LogP contribution in [0.25, 0.3) is 0 Å². The van der Waals surface area contributed by atoms with E-state index in [1.54, 1.807) is 6.07 Å². The molecule has 12 heavy (non-hydrogen) atoms. The summed E-state index contributed by atoms with van der Waals surface area (Å²) in [6, 6.07) is 5.30. The monoisotopic (exact) mass is 225 g/mol. The van der Waals surface area contributed by atoms with Gasteiger partial charge in [-0.3, -0.25) is 0 Å². The Morgan fingerprint density at radius 3 is 1.92 bits per heavy atom. The van der Waals surface area contributed by atoms with Gasteiger partial charge in [0.2, 0.25) is 0 Å². The molecule has 0 amide bonds. The van der Waals surface area contributed by atoms with Crippen LogP contribution in [0.3, 0.4) is 0 Å². The lowest BCUT2D eigenvalue weighted by molar-refractivity contribution is 0.818. The first-order valence-corrected chi connectivity index (χ1v) is 4.07. The van der Waals surface area contributed by atoms with Gasteiger partial charge in [0.25, 0.3) is 0 Å². The molecule has 1 atom stereocenters. The molecule has 0 aliphatic carbocycles. The third kappa shape index (κ3) is 3.20. The van der Waals surface area contributed by atoms with Crippen LogP contribution in [0.5, 0.6) is 0 Å². The number of halogens is 3. The van der Waals surface area contributed by atoms with E-state index < -0.39 is 0 Å². The van der Waals surface area contributed by atoms with Crippen LogP contribution in [0.1, 0.15) is 18.5 Å². The maximum absolute atomic E-state index is 5.75. The Balaban J connectivity index is 0.00000121. The van der Waals surface area contributed by atoms with Crippen molar-refractivity contribution in [3.8, 4) is 0 Å². The minimum Gasteiger partial charge on any atom is -0.324 e.